The van der Waals surface area contributed by atoms with E-state index in [2.05, 4.69) is 50.0 Å². The third kappa shape index (κ3) is 3.11. The van der Waals surface area contributed by atoms with Gasteiger partial charge in [0.2, 0.25) is 0 Å². The Labute approximate surface area is 157 Å². The van der Waals surface area contributed by atoms with Gasteiger partial charge in [-0.25, -0.2) is 0 Å². The van der Waals surface area contributed by atoms with Crippen molar-refractivity contribution in [2.24, 2.45) is 23.2 Å². The molecule has 26 heavy (non-hydrogen) atoms. The zero-order valence-corrected chi connectivity index (χ0v) is 16.0. The van der Waals surface area contributed by atoms with Gasteiger partial charge in [0, 0.05) is 18.5 Å². The van der Waals surface area contributed by atoms with Crippen molar-refractivity contribution in [3.8, 4) is 0 Å². The van der Waals surface area contributed by atoms with Gasteiger partial charge in [0.05, 0.1) is 5.92 Å². The maximum absolute atomic E-state index is 12.6. The fourth-order valence-electron chi connectivity index (χ4n) is 5.65. The van der Waals surface area contributed by atoms with Gasteiger partial charge in [-0.2, -0.15) is 0 Å². The second-order valence-corrected chi connectivity index (χ2v) is 8.94. The molecular formula is C23H31NO2. The highest BCUT2D eigenvalue weighted by atomic mass is 16.6. The summed E-state index contributed by atoms with van der Waals surface area (Å²) >= 11 is 0. The van der Waals surface area contributed by atoms with E-state index in [1.54, 1.807) is 0 Å². The molecule has 0 aromatic heterocycles. The van der Waals surface area contributed by atoms with Crippen molar-refractivity contribution in [3.63, 3.8) is 0 Å². The number of hydrogen-bond acceptors (Lipinski definition) is 3. The van der Waals surface area contributed by atoms with Crippen LogP contribution in [0, 0.1) is 23.2 Å². The fourth-order valence-corrected chi connectivity index (χ4v) is 5.65. The molecule has 1 heterocycles. The SMILES string of the molecule is C=C1CCC[C@]2(C)C[C@H]3OC(=O)[C@H](CN[C@@H](C)c4ccccc4)[C@H]3C[C@@H]12. The predicted molar refractivity (Wildman–Crippen MR) is 104 cm³/mol. The maximum Gasteiger partial charge on any atom is 0.310 e. The average molecular weight is 354 g/mol. The van der Waals surface area contributed by atoms with Gasteiger partial charge in [-0.1, -0.05) is 49.4 Å². The van der Waals surface area contributed by atoms with Gasteiger partial charge in [0.15, 0.2) is 0 Å². The Morgan fingerprint density at radius 3 is 2.88 bits per heavy atom. The summed E-state index contributed by atoms with van der Waals surface area (Å²) in [6, 6.07) is 10.7. The molecule has 1 saturated heterocycles. The highest BCUT2D eigenvalue weighted by Gasteiger charge is 2.54. The Hall–Kier alpha value is -1.61. The van der Waals surface area contributed by atoms with Crippen molar-refractivity contribution in [3.05, 3.63) is 48.0 Å². The van der Waals surface area contributed by atoms with Crippen LogP contribution in [0.1, 0.15) is 57.6 Å². The van der Waals surface area contributed by atoms with E-state index in [1.165, 1.54) is 24.0 Å². The van der Waals surface area contributed by atoms with Crippen LogP contribution in [0.4, 0.5) is 0 Å². The van der Waals surface area contributed by atoms with Crippen LogP contribution >= 0.6 is 0 Å². The van der Waals surface area contributed by atoms with Gasteiger partial charge in [-0.05, 0) is 55.9 Å². The molecule has 3 aliphatic rings. The first-order valence-electron chi connectivity index (χ1n) is 10.1. The number of carbonyl (C=O) groups is 1. The van der Waals surface area contributed by atoms with Crippen molar-refractivity contribution in [2.75, 3.05) is 6.54 Å². The quantitative estimate of drug-likeness (QED) is 0.632. The minimum Gasteiger partial charge on any atom is -0.462 e. The minimum atomic E-state index is -0.0227. The van der Waals surface area contributed by atoms with Crippen LogP contribution in [-0.2, 0) is 9.53 Å². The molecule has 0 unspecified atom stereocenters. The second kappa shape index (κ2) is 6.84. The summed E-state index contributed by atoms with van der Waals surface area (Å²) in [6.45, 7) is 9.62. The first-order valence-corrected chi connectivity index (χ1v) is 10.1. The monoisotopic (exact) mass is 353 g/mol. The zero-order chi connectivity index (χ0) is 18.3. The summed E-state index contributed by atoms with van der Waals surface area (Å²) in [5, 5.41) is 3.57. The average Bonchev–Trinajstić information content (AvgIpc) is 2.92. The van der Waals surface area contributed by atoms with Crippen LogP contribution in [0.3, 0.4) is 0 Å². The third-order valence-corrected chi connectivity index (χ3v) is 7.26. The van der Waals surface area contributed by atoms with Gasteiger partial charge in [-0.3, -0.25) is 4.79 Å². The van der Waals surface area contributed by atoms with Crippen molar-refractivity contribution in [2.45, 2.75) is 58.1 Å². The molecule has 6 atom stereocenters. The van der Waals surface area contributed by atoms with E-state index < -0.39 is 0 Å². The number of rotatable bonds is 4. The highest BCUT2D eigenvalue weighted by molar-refractivity contribution is 5.75. The largest absolute Gasteiger partial charge is 0.462 e. The molecule has 3 fully saturated rings. The maximum atomic E-state index is 12.6. The molecule has 2 aliphatic carbocycles. The number of allylic oxidation sites excluding steroid dienone is 1. The Kier molecular flexibility index (Phi) is 4.68. The lowest BCUT2D eigenvalue weighted by atomic mass is 9.55. The van der Waals surface area contributed by atoms with E-state index >= 15 is 0 Å². The topological polar surface area (TPSA) is 38.3 Å². The fraction of sp³-hybridized carbons (Fsp3) is 0.609. The summed E-state index contributed by atoms with van der Waals surface area (Å²) in [6.07, 6.45) is 5.81. The van der Waals surface area contributed by atoms with Gasteiger partial charge >= 0.3 is 5.97 Å². The summed E-state index contributed by atoms with van der Waals surface area (Å²) in [5.41, 5.74) is 2.93. The number of hydrogen-bond donors (Lipinski definition) is 1. The Bertz CT molecular complexity index is 685. The van der Waals surface area contributed by atoms with Gasteiger partial charge in [0.25, 0.3) is 0 Å². The van der Waals surface area contributed by atoms with E-state index in [0.717, 1.165) is 19.3 Å². The molecule has 1 aliphatic heterocycles. The number of benzene rings is 1. The molecule has 1 aromatic rings. The predicted octanol–water partition coefficient (Wildman–Crippen LogP) is 4.65. The van der Waals surface area contributed by atoms with Crippen LogP contribution < -0.4 is 5.32 Å². The molecule has 0 bridgehead atoms. The molecule has 0 spiro atoms. The lowest BCUT2D eigenvalue weighted by molar-refractivity contribution is -0.146. The molecule has 4 rings (SSSR count). The summed E-state index contributed by atoms with van der Waals surface area (Å²) in [5.74, 6) is 0.873. The first kappa shape index (κ1) is 17.8. The van der Waals surface area contributed by atoms with Gasteiger partial charge in [-0.15, -0.1) is 0 Å². The Morgan fingerprint density at radius 1 is 1.35 bits per heavy atom. The lowest BCUT2D eigenvalue weighted by Crippen LogP contribution is -2.45. The molecule has 1 N–H and O–H groups in total. The number of esters is 1. The molecule has 0 amide bonds. The van der Waals surface area contributed by atoms with Crippen LogP contribution in [0.5, 0.6) is 0 Å². The Balaban J connectivity index is 1.45. The van der Waals surface area contributed by atoms with Gasteiger partial charge < -0.3 is 10.1 Å². The van der Waals surface area contributed by atoms with E-state index in [1.807, 2.05) is 6.07 Å². The number of fused-ring (bicyclic) bond motifs is 2. The zero-order valence-electron chi connectivity index (χ0n) is 16.0. The molecule has 2 saturated carbocycles. The van der Waals surface area contributed by atoms with Crippen molar-refractivity contribution in [1.82, 2.24) is 5.32 Å². The number of carbonyl (C=O) groups excluding carboxylic acids is 1. The molecule has 3 nitrogen and oxygen atoms in total. The molecule has 140 valence electrons. The first-order chi connectivity index (χ1) is 12.5. The summed E-state index contributed by atoms with van der Waals surface area (Å²) in [4.78, 5) is 12.6. The van der Waals surface area contributed by atoms with Crippen LogP contribution in [0.15, 0.2) is 42.5 Å². The highest BCUT2D eigenvalue weighted by Crippen LogP contribution is 2.56. The molecule has 3 heteroatoms. The lowest BCUT2D eigenvalue weighted by Gasteiger charge is -2.50. The standard InChI is InChI=1S/C23H31NO2/c1-15-8-7-11-23(3)13-21-18(12-20(15)23)19(22(25)26-21)14-24-16(2)17-9-5-4-6-10-17/h4-6,9-10,16,18-21,24H,1,7-8,11-14H2,2-3H3/t16-,18+,19+,20-,21+,23+/m0/s1. The van der Waals surface area contributed by atoms with Gasteiger partial charge in [0.1, 0.15) is 6.10 Å². The van der Waals surface area contributed by atoms with E-state index in [9.17, 15) is 4.79 Å². The van der Waals surface area contributed by atoms with Crippen molar-refractivity contribution in [1.29, 1.82) is 0 Å². The molecule has 0 radical (unpaired) electrons. The van der Waals surface area contributed by atoms with Crippen molar-refractivity contribution >= 4 is 5.97 Å². The molecular weight excluding hydrogens is 322 g/mol. The van der Waals surface area contributed by atoms with Crippen LogP contribution in [-0.4, -0.2) is 18.6 Å². The van der Waals surface area contributed by atoms with Crippen LogP contribution in [0.2, 0.25) is 0 Å². The van der Waals surface area contributed by atoms with Crippen LogP contribution in [0.25, 0.3) is 0 Å². The minimum absolute atomic E-state index is 0.000575. The normalized spacial score (nSPS) is 37.6. The second-order valence-electron chi connectivity index (χ2n) is 8.94. The number of nitrogens with one attached hydrogen (secondary N) is 1. The summed E-state index contributed by atoms with van der Waals surface area (Å²) < 4.78 is 5.86. The Morgan fingerprint density at radius 2 is 2.12 bits per heavy atom. The third-order valence-electron chi connectivity index (χ3n) is 7.26. The number of ether oxygens (including phenoxy) is 1. The van der Waals surface area contributed by atoms with E-state index in [-0.39, 0.29) is 29.4 Å². The molecule has 1 aromatic carbocycles. The summed E-state index contributed by atoms with van der Waals surface area (Å²) in [7, 11) is 0. The smallest absolute Gasteiger partial charge is 0.310 e. The van der Waals surface area contributed by atoms with E-state index in [4.69, 9.17) is 4.74 Å². The van der Waals surface area contributed by atoms with Crippen molar-refractivity contribution < 1.29 is 9.53 Å². The van der Waals surface area contributed by atoms with E-state index in [0.29, 0.717) is 18.4 Å².